The molecule has 0 bridgehead atoms. The Hall–Kier alpha value is -0.0400. The van der Waals surface area contributed by atoms with E-state index >= 15 is 0 Å². The minimum absolute atomic E-state index is 0.720. The maximum Gasteiger partial charge on any atom is 0.00931 e. The molecule has 2 fully saturated rings. The van der Waals surface area contributed by atoms with Gasteiger partial charge in [0, 0.05) is 12.6 Å². The van der Waals surface area contributed by atoms with Crippen LogP contribution < -0.4 is 5.32 Å². The molecular weight excluding hydrogens is 194 g/mol. The third-order valence-corrected chi connectivity index (χ3v) is 4.91. The van der Waals surface area contributed by atoms with Gasteiger partial charge in [-0.3, -0.25) is 0 Å². The first kappa shape index (κ1) is 12.4. The van der Waals surface area contributed by atoms with E-state index in [9.17, 15) is 0 Å². The Morgan fingerprint density at radius 2 is 1.94 bits per heavy atom. The number of rotatable bonds is 5. The van der Waals surface area contributed by atoms with Crippen LogP contribution in [0.5, 0.6) is 0 Å². The highest BCUT2D eigenvalue weighted by Gasteiger charge is 2.41. The molecule has 16 heavy (non-hydrogen) atoms. The van der Waals surface area contributed by atoms with E-state index in [2.05, 4.69) is 26.1 Å². The van der Waals surface area contributed by atoms with Crippen LogP contribution in [0.15, 0.2) is 0 Å². The van der Waals surface area contributed by atoms with Crippen LogP contribution in [0.4, 0.5) is 0 Å². The van der Waals surface area contributed by atoms with Crippen LogP contribution in [-0.4, -0.2) is 12.6 Å². The predicted molar refractivity (Wildman–Crippen MR) is 70.5 cm³/mol. The summed E-state index contributed by atoms with van der Waals surface area (Å²) in [5, 5.41) is 3.88. The lowest BCUT2D eigenvalue weighted by molar-refractivity contribution is 0.216. The third kappa shape index (κ3) is 3.00. The van der Waals surface area contributed by atoms with Crippen molar-refractivity contribution in [3.63, 3.8) is 0 Å². The summed E-state index contributed by atoms with van der Waals surface area (Å²) in [6.45, 7) is 8.47. The van der Waals surface area contributed by atoms with Crippen LogP contribution in [-0.2, 0) is 0 Å². The van der Waals surface area contributed by atoms with Crippen LogP contribution in [0.3, 0.4) is 0 Å². The number of nitrogens with one attached hydrogen (secondary N) is 1. The van der Waals surface area contributed by atoms with E-state index < -0.39 is 0 Å². The second-order valence-electron chi connectivity index (χ2n) is 6.63. The zero-order chi connectivity index (χ0) is 11.6. The summed E-state index contributed by atoms with van der Waals surface area (Å²) < 4.78 is 0. The highest BCUT2D eigenvalue weighted by atomic mass is 14.9. The van der Waals surface area contributed by atoms with Crippen LogP contribution >= 0.6 is 0 Å². The van der Waals surface area contributed by atoms with E-state index in [1.165, 1.54) is 51.5 Å². The molecule has 0 saturated heterocycles. The fourth-order valence-corrected chi connectivity index (χ4v) is 3.54. The Labute approximate surface area is 101 Å². The molecule has 3 atom stereocenters. The van der Waals surface area contributed by atoms with E-state index in [1.807, 2.05) is 0 Å². The molecule has 2 saturated carbocycles. The van der Waals surface area contributed by atoms with Crippen LogP contribution in [0.2, 0.25) is 0 Å². The third-order valence-electron chi connectivity index (χ3n) is 4.91. The molecule has 0 spiro atoms. The van der Waals surface area contributed by atoms with Crippen molar-refractivity contribution in [1.29, 1.82) is 0 Å². The molecule has 0 radical (unpaired) electrons. The minimum atomic E-state index is 0.720. The Morgan fingerprint density at radius 3 is 2.50 bits per heavy atom. The van der Waals surface area contributed by atoms with Crippen molar-refractivity contribution < 1.29 is 0 Å². The summed E-state index contributed by atoms with van der Waals surface area (Å²) in [6.07, 6.45) is 10.0. The molecule has 0 aromatic heterocycles. The van der Waals surface area contributed by atoms with E-state index in [-0.39, 0.29) is 0 Å². The smallest absolute Gasteiger partial charge is 0.00931 e. The Morgan fingerprint density at radius 1 is 1.19 bits per heavy atom. The highest BCUT2D eigenvalue weighted by Crippen LogP contribution is 2.49. The van der Waals surface area contributed by atoms with Gasteiger partial charge in [-0.15, -0.1) is 0 Å². The molecule has 0 amide bonds. The Bertz CT molecular complexity index is 219. The van der Waals surface area contributed by atoms with Gasteiger partial charge in [0.15, 0.2) is 0 Å². The van der Waals surface area contributed by atoms with Crippen molar-refractivity contribution >= 4 is 0 Å². The van der Waals surface area contributed by atoms with Gasteiger partial charge in [0.05, 0.1) is 0 Å². The molecule has 0 aromatic rings. The van der Waals surface area contributed by atoms with Gasteiger partial charge in [0.2, 0.25) is 0 Å². The van der Waals surface area contributed by atoms with Gasteiger partial charge >= 0.3 is 0 Å². The summed E-state index contributed by atoms with van der Waals surface area (Å²) in [4.78, 5) is 0. The number of hydrogen-bond acceptors (Lipinski definition) is 1. The quantitative estimate of drug-likeness (QED) is 0.743. The predicted octanol–water partition coefficient (Wildman–Crippen LogP) is 3.98. The van der Waals surface area contributed by atoms with Crippen LogP contribution in [0, 0.1) is 17.3 Å². The van der Waals surface area contributed by atoms with E-state index in [0.29, 0.717) is 0 Å². The summed E-state index contributed by atoms with van der Waals surface area (Å²) in [7, 11) is 0. The molecule has 1 nitrogen and oxygen atoms in total. The largest absolute Gasteiger partial charge is 0.313 e. The molecule has 0 aromatic carbocycles. The topological polar surface area (TPSA) is 12.0 Å². The second kappa shape index (κ2) is 5.08. The fraction of sp³-hybridized carbons (Fsp3) is 1.00. The zero-order valence-electron chi connectivity index (χ0n) is 11.4. The summed E-state index contributed by atoms with van der Waals surface area (Å²) >= 11 is 0. The normalized spacial score (nSPS) is 37.3. The van der Waals surface area contributed by atoms with Crippen molar-refractivity contribution in [2.45, 2.75) is 71.8 Å². The molecule has 2 rings (SSSR count). The molecule has 94 valence electrons. The van der Waals surface area contributed by atoms with E-state index in [4.69, 9.17) is 0 Å². The summed E-state index contributed by atoms with van der Waals surface area (Å²) in [5.41, 5.74) is 0.720. The van der Waals surface area contributed by atoms with Crippen molar-refractivity contribution in [2.75, 3.05) is 6.54 Å². The van der Waals surface area contributed by atoms with Crippen molar-refractivity contribution in [1.82, 2.24) is 5.32 Å². The standard InChI is InChI=1S/C15H29N/c1-4-7-15(8-9-15)11-16-14-6-5-12(2)10-13(14)3/h12-14,16H,4-11H2,1-3H3. The molecule has 1 heteroatoms. The first-order valence-corrected chi connectivity index (χ1v) is 7.38. The average molecular weight is 223 g/mol. The van der Waals surface area contributed by atoms with Gasteiger partial charge < -0.3 is 5.32 Å². The lowest BCUT2D eigenvalue weighted by Gasteiger charge is -2.34. The Kier molecular flexibility index (Phi) is 3.94. The second-order valence-corrected chi connectivity index (χ2v) is 6.63. The average Bonchev–Trinajstić information content (AvgIpc) is 2.98. The molecular formula is C15H29N. The molecule has 2 aliphatic carbocycles. The van der Waals surface area contributed by atoms with Gasteiger partial charge in [0.1, 0.15) is 0 Å². The molecule has 2 aliphatic rings. The minimum Gasteiger partial charge on any atom is -0.313 e. The maximum atomic E-state index is 3.88. The van der Waals surface area contributed by atoms with Crippen LogP contribution in [0.1, 0.15) is 65.7 Å². The van der Waals surface area contributed by atoms with Gasteiger partial charge in [-0.2, -0.15) is 0 Å². The SMILES string of the molecule is CCCC1(CNC2CCC(C)CC2C)CC1. The van der Waals surface area contributed by atoms with Crippen molar-refractivity contribution in [2.24, 2.45) is 17.3 Å². The molecule has 1 N–H and O–H groups in total. The van der Waals surface area contributed by atoms with Crippen LogP contribution in [0.25, 0.3) is 0 Å². The van der Waals surface area contributed by atoms with Gasteiger partial charge in [-0.05, 0) is 55.8 Å². The van der Waals surface area contributed by atoms with Crippen molar-refractivity contribution in [3.8, 4) is 0 Å². The van der Waals surface area contributed by atoms with Gasteiger partial charge in [0.25, 0.3) is 0 Å². The first-order chi connectivity index (χ1) is 7.65. The van der Waals surface area contributed by atoms with E-state index in [0.717, 1.165) is 23.3 Å². The van der Waals surface area contributed by atoms with Gasteiger partial charge in [-0.1, -0.05) is 27.2 Å². The van der Waals surface area contributed by atoms with Gasteiger partial charge in [-0.25, -0.2) is 0 Å². The highest BCUT2D eigenvalue weighted by molar-refractivity contribution is 4.95. The van der Waals surface area contributed by atoms with E-state index in [1.54, 1.807) is 0 Å². The lowest BCUT2D eigenvalue weighted by Crippen LogP contribution is -2.41. The van der Waals surface area contributed by atoms with Crippen molar-refractivity contribution in [3.05, 3.63) is 0 Å². The summed E-state index contributed by atoms with van der Waals surface area (Å²) in [6, 6.07) is 0.811. The fourth-order valence-electron chi connectivity index (χ4n) is 3.54. The molecule has 3 unspecified atom stereocenters. The molecule has 0 aliphatic heterocycles. The number of hydrogen-bond donors (Lipinski definition) is 1. The summed E-state index contributed by atoms with van der Waals surface area (Å²) in [5.74, 6) is 1.85. The molecule has 0 heterocycles. The first-order valence-electron chi connectivity index (χ1n) is 7.38. The Balaban J connectivity index is 1.73. The zero-order valence-corrected chi connectivity index (χ0v) is 11.4. The monoisotopic (exact) mass is 223 g/mol. The lowest BCUT2D eigenvalue weighted by atomic mass is 9.79. The maximum absolute atomic E-state index is 3.88.